The Hall–Kier alpha value is -3.67. The zero-order valence-electron chi connectivity index (χ0n) is 25.7. The number of carbonyl (C=O) groups is 3. The molecule has 1 heterocycles. The molecule has 1 atom stereocenters. The predicted molar refractivity (Wildman–Crippen MR) is 177 cm³/mol. The van der Waals surface area contributed by atoms with E-state index in [1.54, 1.807) is 30.3 Å². The van der Waals surface area contributed by atoms with E-state index < -0.39 is 12.2 Å². The highest BCUT2D eigenvalue weighted by Gasteiger charge is 2.24. The largest absolute Gasteiger partial charge is 0.465 e. The molecule has 3 aromatic carbocycles. The van der Waals surface area contributed by atoms with Crippen LogP contribution in [0.2, 0.25) is 10.0 Å². The van der Waals surface area contributed by atoms with E-state index in [4.69, 9.17) is 27.9 Å². The molecule has 0 bridgehead atoms. The minimum atomic E-state index is -1.01. The smallest absolute Gasteiger partial charge is 0.337 e. The second kappa shape index (κ2) is 16.1. The second-order valence-electron chi connectivity index (χ2n) is 11.1. The van der Waals surface area contributed by atoms with Gasteiger partial charge in [-0.2, -0.15) is 0 Å². The van der Waals surface area contributed by atoms with Crippen molar-refractivity contribution in [3.8, 4) is 0 Å². The third-order valence-electron chi connectivity index (χ3n) is 7.65. The molecule has 1 unspecified atom stereocenters. The minimum absolute atomic E-state index is 0.122. The van der Waals surface area contributed by atoms with Crippen LogP contribution in [0.5, 0.6) is 0 Å². The summed E-state index contributed by atoms with van der Waals surface area (Å²) < 4.78 is 4.75. The van der Waals surface area contributed by atoms with Crippen LogP contribution in [0.4, 0.5) is 11.4 Å². The first kappa shape index (κ1) is 34.2. The highest BCUT2D eigenvalue weighted by atomic mass is 35.5. The molecule has 1 aliphatic heterocycles. The van der Waals surface area contributed by atoms with Crippen LogP contribution in [-0.2, 0) is 16.0 Å². The molecule has 10 nitrogen and oxygen atoms in total. The third kappa shape index (κ3) is 9.42. The number of piperazine rings is 1. The summed E-state index contributed by atoms with van der Waals surface area (Å²) in [4.78, 5) is 43.8. The van der Waals surface area contributed by atoms with Crippen molar-refractivity contribution < 1.29 is 24.2 Å². The van der Waals surface area contributed by atoms with E-state index in [-0.39, 0.29) is 11.8 Å². The number of aliphatic hydroxyl groups excluding tert-OH is 1. The van der Waals surface area contributed by atoms with Gasteiger partial charge in [0.25, 0.3) is 5.91 Å². The highest BCUT2D eigenvalue weighted by Crippen LogP contribution is 2.31. The maximum Gasteiger partial charge on any atom is 0.337 e. The summed E-state index contributed by atoms with van der Waals surface area (Å²) in [6.45, 7) is 3.45. The van der Waals surface area contributed by atoms with Crippen LogP contribution in [-0.4, -0.2) is 93.2 Å². The summed E-state index contributed by atoms with van der Waals surface area (Å²) in [7, 11) is 5.19. The van der Waals surface area contributed by atoms with Crippen LogP contribution in [0.25, 0.3) is 0 Å². The van der Waals surface area contributed by atoms with Crippen molar-refractivity contribution in [2.75, 3.05) is 70.7 Å². The average molecular weight is 657 g/mol. The van der Waals surface area contributed by atoms with Crippen LogP contribution < -0.4 is 15.5 Å². The monoisotopic (exact) mass is 655 g/mol. The summed E-state index contributed by atoms with van der Waals surface area (Å²) in [5, 5.41) is 18.2. The molecular weight excluding hydrogens is 617 g/mol. The molecular formula is C33H39Cl2N5O5. The molecule has 12 heteroatoms. The average Bonchev–Trinajstić information content (AvgIpc) is 3.04. The molecule has 3 N–H and O–H groups in total. The number of carbonyl (C=O) groups excluding carboxylic acids is 3. The first-order valence-corrected chi connectivity index (χ1v) is 15.5. The quantitative estimate of drug-likeness (QED) is 0.194. The Morgan fingerprint density at radius 1 is 0.956 bits per heavy atom. The van der Waals surface area contributed by atoms with Crippen molar-refractivity contribution in [1.82, 2.24) is 15.1 Å². The number of amides is 2. The van der Waals surface area contributed by atoms with Crippen LogP contribution in [0.3, 0.4) is 0 Å². The summed E-state index contributed by atoms with van der Waals surface area (Å²) in [6, 6.07) is 16.9. The fourth-order valence-electron chi connectivity index (χ4n) is 5.03. The van der Waals surface area contributed by atoms with Gasteiger partial charge in [-0.3, -0.25) is 14.9 Å². The molecule has 1 fully saturated rings. The van der Waals surface area contributed by atoms with E-state index in [0.29, 0.717) is 84.5 Å². The number of methoxy groups -OCH3 is 1. The Kier molecular flexibility index (Phi) is 12.2. The first-order chi connectivity index (χ1) is 21.5. The molecule has 0 radical (unpaired) electrons. The van der Waals surface area contributed by atoms with Gasteiger partial charge in [-0.15, -0.1) is 0 Å². The van der Waals surface area contributed by atoms with E-state index in [9.17, 15) is 19.5 Å². The van der Waals surface area contributed by atoms with Gasteiger partial charge in [-0.05, 0) is 80.2 Å². The van der Waals surface area contributed by atoms with Gasteiger partial charge in [0, 0.05) is 61.3 Å². The lowest BCUT2D eigenvalue weighted by Crippen LogP contribution is -2.49. The molecule has 45 heavy (non-hydrogen) atoms. The number of hydrogen-bond donors (Lipinski definition) is 3. The molecule has 0 spiro atoms. The predicted octanol–water partition coefficient (Wildman–Crippen LogP) is 4.46. The molecule has 240 valence electrons. The van der Waals surface area contributed by atoms with Crippen LogP contribution in [0.1, 0.15) is 44.5 Å². The molecule has 0 aliphatic carbocycles. The number of hydrogen-bond acceptors (Lipinski definition) is 8. The molecule has 1 saturated heterocycles. The van der Waals surface area contributed by atoms with Gasteiger partial charge in [-0.25, -0.2) is 4.79 Å². The Balaban J connectivity index is 1.50. The zero-order valence-corrected chi connectivity index (χ0v) is 27.2. The molecule has 1 aliphatic rings. The van der Waals surface area contributed by atoms with Gasteiger partial charge in [0.2, 0.25) is 5.91 Å². The van der Waals surface area contributed by atoms with Crippen LogP contribution in [0.15, 0.2) is 60.7 Å². The number of ether oxygens (including phenoxy) is 1. The number of nitrogens with one attached hydrogen (secondary N) is 2. The van der Waals surface area contributed by atoms with E-state index in [1.165, 1.54) is 19.2 Å². The maximum atomic E-state index is 13.3. The van der Waals surface area contributed by atoms with Crippen LogP contribution >= 0.6 is 23.2 Å². The molecule has 2 amide bonds. The highest BCUT2D eigenvalue weighted by molar-refractivity contribution is 6.35. The van der Waals surface area contributed by atoms with E-state index in [0.717, 1.165) is 11.3 Å². The van der Waals surface area contributed by atoms with E-state index in [2.05, 4.69) is 15.5 Å². The Morgan fingerprint density at radius 3 is 2.29 bits per heavy atom. The number of rotatable bonds is 12. The maximum absolute atomic E-state index is 13.3. The molecule has 3 aromatic rings. The lowest BCUT2D eigenvalue weighted by atomic mass is 10.1. The fourth-order valence-corrected chi connectivity index (χ4v) is 5.53. The number of aliphatic hydroxyl groups is 1. The van der Waals surface area contributed by atoms with Gasteiger partial charge in [-0.1, -0.05) is 35.3 Å². The third-order valence-corrected chi connectivity index (χ3v) is 8.23. The number of anilines is 2. The van der Waals surface area contributed by atoms with Gasteiger partial charge in [0.1, 0.15) is 6.23 Å². The second-order valence-corrected chi connectivity index (χ2v) is 11.9. The molecule has 0 aromatic heterocycles. The van der Waals surface area contributed by atoms with E-state index >= 15 is 0 Å². The Bertz CT molecular complexity index is 1490. The van der Waals surface area contributed by atoms with Crippen molar-refractivity contribution in [2.45, 2.75) is 19.1 Å². The van der Waals surface area contributed by atoms with Gasteiger partial charge in [0.15, 0.2) is 0 Å². The number of esters is 1. The normalized spacial score (nSPS) is 13.9. The van der Waals surface area contributed by atoms with Gasteiger partial charge < -0.3 is 29.9 Å². The fraction of sp³-hybridized carbons (Fsp3) is 0.364. The van der Waals surface area contributed by atoms with Crippen molar-refractivity contribution >= 4 is 52.4 Å². The summed E-state index contributed by atoms with van der Waals surface area (Å²) in [5.74, 6) is -0.741. The van der Waals surface area contributed by atoms with Crippen molar-refractivity contribution in [2.24, 2.45) is 0 Å². The lowest BCUT2D eigenvalue weighted by molar-refractivity contribution is -0.131. The van der Waals surface area contributed by atoms with Crippen LogP contribution in [0, 0.1) is 0 Å². The van der Waals surface area contributed by atoms with Crippen molar-refractivity contribution in [3.05, 3.63) is 93.0 Å². The van der Waals surface area contributed by atoms with Crippen molar-refractivity contribution in [3.63, 3.8) is 0 Å². The molecule has 4 rings (SSSR count). The number of benzene rings is 3. The van der Waals surface area contributed by atoms with Gasteiger partial charge in [0.05, 0.1) is 24.0 Å². The molecule has 0 saturated carbocycles. The summed E-state index contributed by atoms with van der Waals surface area (Å²) >= 11 is 12.3. The van der Waals surface area contributed by atoms with E-state index in [1.807, 2.05) is 42.1 Å². The number of nitrogens with zero attached hydrogens (tertiary/aromatic N) is 3. The van der Waals surface area contributed by atoms with Gasteiger partial charge >= 0.3 is 5.97 Å². The zero-order chi connectivity index (χ0) is 32.5. The van der Waals surface area contributed by atoms with Crippen molar-refractivity contribution in [1.29, 1.82) is 0 Å². The summed E-state index contributed by atoms with van der Waals surface area (Å²) in [6.07, 6.45) is 0.0343. The minimum Gasteiger partial charge on any atom is -0.465 e. The standard InChI is InChI=1S/C33H39Cl2N5O5/c1-38(2)15-13-30(41)40-18-16-39(17-19-40)29-11-9-25(31(42)36-14-12-22-8-10-26(34)21-27(22)35)20-28(29)37-32(43)23-4-6-24(7-5-23)33(44)45-3/h4-11,20-21,31,36,42H,12-19H2,1-3H3,(H,37,43). The number of halogens is 2. The SMILES string of the molecule is COC(=O)c1ccc(C(=O)Nc2cc(C(O)NCCc3ccc(Cl)cc3Cl)ccc2N2CCN(C(=O)CCN(C)C)CC2)cc1. The first-order valence-electron chi connectivity index (χ1n) is 14.7. The lowest BCUT2D eigenvalue weighted by Gasteiger charge is -2.37. The topological polar surface area (TPSA) is 114 Å². The Labute approximate surface area is 273 Å². The summed E-state index contributed by atoms with van der Waals surface area (Å²) in [5.41, 5.74) is 3.46. The Morgan fingerprint density at radius 2 is 1.64 bits per heavy atom.